The van der Waals surface area contributed by atoms with Gasteiger partial charge in [-0.25, -0.2) is 4.79 Å². The van der Waals surface area contributed by atoms with Crippen molar-refractivity contribution >= 4 is 17.6 Å². The molecule has 0 aromatic heterocycles. The van der Waals surface area contributed by atoms with E-state index in [1.54, 1.807) is 12.1 Å². The fourth-order valence-corrected chi connectivity index (χ4v) is 1.04. The van der Waals surface area contributed by atoms with Crippen molar-refractivity contribution in [3.63, 3.8) is 0 Å². The van der Waals surface area contributed by atoms with Crippen LogP contribution in [-0.4, -0.2) is 19.0 Å². The summed E-state index contributed by atoms with van der Waals surface area (Å²) in [6.07, 6.45) is 2.92. The van der Waals surface area contributed by atoms with Gasteiger partial charge in [-0.1, -0.05) is 0 Å². The number of anilines is 1. The summed E-state index contributed by atoms with van der Waals surface area (Å²) in [7, 11) is 1.30. The Hall–Kier alpha value is -0.664. The maximum absolute atomic E-state index is 11.1. The number of hydrogen-bond acceptors (Lipinski definition) is 3. The van der Waals surface area contributed by atoms with Gasteiger partial charge >= 0.3 is 57.4 Å². The first-order valence-electron chi connectivity index (χ1n) is 4.42. The molecule has 0 heterocycles. The van der Waals surface area contributed by atoms with Gasteiger partial charge in [0.05, 0.1) is 18.6 Å². The third-order valence-corrected chi connectivity index (χ3v) is 1.77. The maximum atomic E-state index is 11.1. The van der Waals surface area contributed by atoms with Gasteiger partial charge < -0.3 is 32.9 Å². The van der Waals surface area contributed by atoms with Gasteiger partial charge in [0.25, 0.3) is 0 Å². The summed E-state index contributed by atoms with van der Waals surface area (Å²) >= 11 is 0. The molecule has 17 heavy (non-hydrogen) atoms. The summed E-state index contributed by atoms with van der Waals surface area (Å²) in [6, 6.07) is 6.20. The summed E-state index contributed by atoms with van der Waals surface area (Å²) in [5, 5.41) is 2.47. The van der Waals surface area contributed by atoms with Gasteiger partial charge in [-0.15, -0.1) is 0 Å². The Morgan fingerprint density at radius 3 is 2.41 bits per heavy atom. The molecule has 5 nitrogen and oxygen atoms in total. The normalized spacial score (nSPS) is 9.47. The summed E-state index contributed by atoms with van der Waals surface area (Å²) in [5.74, 6) is -0.948. The molecule has 0 atom stereocenters. The topological polar surface area (TPSA) is 79.2 Å². The Bertz CT molecular complexity index is 415. The fraction of sp³-hybridized carbons (Fsp3) is 0.0909. The quantitative estimate of drug-likeness (QED) is 0.319. The molecular formula is C11H10KN2O3-. The predicted octanol–water partition coefficient (Wildman–Crippen LogP) is -1.22. The van der Waals surface area contributed by atoms with Crippen molar-refractivity contribution < 1.29 is 65.7 Å². The molecule has 0 saturated carbocycles. The molecule has 2 N–H and O–H groups in total. The molecule has 6 heteroatoms. The second-order valence-corrected chi connectivity index (χ2v) is 2.81. The van der Waals surface area contributed by atoms with Gasteiger partial charge in [0, 0.05) is 5.69 Å². The third-order valence-electron chi connectivity index (χ3n) is 1.77. The number of rotatable bonds is 3. The van der Waals surface area contributed by atoms with Crippen LogP contribution in [0.2, 0.25) is 0 Å². The standard InChI is InChI=1S/C11H11N2O3.K/c1-16-11(15)8-2-4-9(5-3-8)13-10(14)6-7-12;/h2-5,7H,1H3,(H3,12,13,14,15);/q-1;+1/p-1. The van der Waals surface area contributed by atoms with Crippen molar-refractivity contribution in [3.05, 3.63) is 47.8 Å². The second-order valence-electron chi connectivity index (χ2n) is 2.81. The van der Waals surface area contributed by atoms with E-state index in [9.17, 15) is 9.59 Å². The van der Waals surface area contributed by atoms with Crippen LogP contribution in [0.3, 0.4) is 0 Å². The van der Waals surface area contributed by atoms with E-state index >= 15 is 0 Å². The van der Waals surface area contributed by atoms with Crippen LogP contribution in [-0.2, 0) is 9.53 Å². The van der Waals surface area contributed by atoms with Crippen molar-refractivity contribution in [1.82, 2.24) is 0 Å². The van der Waals surface area contributed by atoms with Crippen molar-refractivity contribution in [3.8, 4) is 0 Å². The van der Waals surface area contributed by atoms with Gasteiger partial charge in [-0.05, 0) is 24.3 Å². The molecular weight excluding hydrogens is 247 g/mol. The zero-order chi connectivity index (χ0) is 12.0. The second kappa shape index (κ2) is 8.43. The van der Waals surface area contributed by atoms with Crippen molar-refractivity contribution in [2.24, 2.45) is 0 Å². The van der Waals surface area contributed by atoms with Crippen molar-refractivity contribution in [2.75, 3.05) is 12.4 Å². The summed E-state index contributed by atoms with van der Waals surface area (Å²) < 4.78 is 4.53. The van der Waals surface area contributed by atoms with Crippen LogP contribution < -0.4 is 56.7 Å². The van der Waals surface area contributed by atoms with Gasteiger partial charge in [-0.2, -0.15) is 0 Å². The molecule has 1 rings (SSSR count). The average Bonchev–Trinajstić information content (AvgIpc) is 2.29. The van der Waals surface area contributed by atoms with Crippen molar-refractivity contribution in [2.45, 2.75) is 0 Å². The zero-order valence-corrected chi connectivity index (χ0v) is 12.7. The van der Waals surface area contributed by atoms with Gasteiger partial charge in [0.15, 0.2) is 0 Å². The van der Waals surface area contributed by atoms with Crippen LogP contribution >= 0.6 is 0 Å². The number of amides is 1. The summed E-state index contributed by atoms with van der Waals surface area (Å²) in [5.41, 5.74) is 7.58. The Kier molecular flexibility index (Phi) is 8.10. The van der Waals surface area contributed by atoms with E-state index in [1.165, 1.54) is 19.2 Å². The van der Waals surface area contributed by atoms with Crippen LogP contribution in [0.5, 0.6) is 0 Å². The van der Waals surface area contributed by atoms with Crippen LogP contribution in [0, 0.1) is 6.08 Å². The molecule has 0 aliphatic heterocycles. The zero-order valence-electron chi connectivity index (χ0n) is 9.61. The van der Waals surface area contributed by atoms with E-state index in [1.807, 2.05) is 0 Å². The van der Waals surface area contributed by atoms with Crippen LogP contribution in [0.1, 0.15) is 10.4 Å². The van der Waals surface area contributed by atoms with Crippen LogP contribution in [0.25, 0.3) is 5.73 Å². The SMILES string of the molecule is COC(=O)c1ccc(NC(=O)[C-]=C[NH-])cc1.[K+]. The van der Waals surface area contributed by atoms with E-state index in [0.717, 1.165) is 6.20 Å². The van der Waals surface area contributed by atoms with E-state index in [0.29, 0.717) is 11.3 Å². The molecule has 0 bridgehead atoms. The summed E-state index contributed by atoms with van der Waals surface area (Å²) in [4.78, 5) is 22.1. The number of methoxy groups -OCH3 is 1. The number of benzene rings is 1. The number of carbonyl (C=O) groups is 2. The monoisotopic (exact) mass is 257 g/mol. The van der Waals surface area contributed by atoms with Gasteiger partial charge in [0.1, 0.15) is 0 Å². The first-order valence-corrected chi connectivity index (χ1v) is 4.42. The van der Waals surface area contributed by atoms with Crippen LogP contribution in [0.4, 0.5) is 5.69 Å². The van der Waals surface area contributed by atoms with Gasteiger partial charge in [0.2, 0.25) is 0 Å². The minimum Gasteiger partial charge on any atom is -0.734 e. The Morgan fingerprint density at radius 2 is 1.94 bits per heavy atom. The van der Waals surface area contributed by atoms with E-state index in [4.69, 9.17) is 5.73 Å². The maximum Gasteiger partial charge on any atom is 1.00 e. The Morgan fingerprint density at radius 1 is 1.35 bits per heavy atom. The van der Waals surface area contributed by atoms with E-state index < -0.39 is 11.9 Å². The molecule has 1 aromatic rings. The van der Waals surface area contributed by atoms with Gasteiger partial charge in [-0.3, -0.25) is 0 Å². The van der Waals surface area contributed by atoms with E-state index in [-0.39, 0.29) is 51.4 Å². The molecule has 0 spiro atoms. The number of hydrogen-bond donors (Lipinski definition) is 1. The number of esters is 1. The largest absolute Gasteiger partial charge is 1.00 e. The molecule has 1 aromatic carbocycles. The first kappa shape index (κ1) is 16.3. The molecule has 0 aliphatic carbocycles. The average molecular weight is 257 g/mol. The first-order chi connectivity index (χ1) is 7.67. The minimum atomic E-state index is -0.513. The summed E-state index contributed by atoms with van der Waals surface area (Å²) in [6.45, 7) is 0. The van der Waals surface area contributed by atoms with E-state index in [2.05, 4.69) is 16.1 Å². The van der Waals surface area contributed by atoms with Crippen molar-refractivity contribution in [1.29, 1.82) is 0 Å². The molecule has 0 radical (unpaired) electrons. The fourth-order valence-electron chi connectivity index (χ4n) is 1.04. The third kappa shape index (κ3) is 5.47. The molecule has 0 saturated heterocycles. The van der Waals surface area contributed by atoms with Crippen LogP contribution in [0.15, 0.2) is 30.5 Å². The molecule has 1 amide bonds. The molecule has 0 aliphatic rings. The Balaban J connectivity index is 0.00000256. The number of nitrogens with one attached hydrogen (secondary N) is 2. The predicted molar refractivity (Wildman–Crippen MR) is 58.5 cm³/mol. The smallest absolute Gasteiger partial charge is 0.734 e. The number of ether oxygens (including phenoxy) is 1. The minimum absolute atomic E-state index is 0. The Labute approximate surface area is 142 Å². The molecule has 0 fully saturated rings. The number of carbonyl (C=O) groups excluding carboxylic acids is 2. The molecule has 0 unspecified atom stereocenters. The molecule has 84 valence electrons.